The number of non-ortho nitro benzene ring substituents is 1. The Hall–Kier alpha value is -4.40. The van der Waals surface area contributed by atoms with Crippen molar-refractivity contribution in [2.75, 3.05) is 0 Å². The van der Waals surface area contributed by atoms with Crippen molar-refractivity contribution in [1.29, 1.82) is 0 Å². The van der Waals surface area contributed by atoms with E-state index in [2.05, 4.69) is 10.3 Å². The Morgan fingerprint density at radius 2 is 1.28 bits per heavy atom. The van der Waals surface area contributed by atoms with Crippen molar-refractivity contribution in [2.45, 2.75) is 0 Å². The number of oxime groups is 2. The lowest BCUT2D eigenvalue weighted by atomic mass is 10.1. The monoisotopic (exact) mass is 391 g/mol. The maximum absolute atomic E-state index is 12.0. The van der Waals surface area contributed by atoms with Gasteiger partial charge in [0.15, 0.2) is 0 Å². The van der Waals surface area contributed by atoms with Gasteiger partial charge < -0.3 is 9.68 Å². The molecule has 0 saturated carbocycles. The Bertz CT molecular complexity index is 1050. The molecule has 0 atom stereocenters. The number of allylic oxidation sites excluding steroid dienone is 4. The van der Waals surface area contributed by atoms with Crippen LogP contribution in [-0.2, 0) is 9.68 Å². The summed E-state index contributed by atoms with van der Waals surface area (Å²) < 4.78 is 0. The summed E-state index contributed by atoms with van der Waals surface area (Å²) in [5.41, 5.74) is 0.809. The van der Waals surface area contributed by atoms with Crippen LogP contribution in [0.25, 0.3) is 0 Å². The Morgan fingerprint density at radius 1 is 0.759 bits per heavy atom. The number of carbonyl (C=O) groups excluding carboxylic acids is 2. The van der Waals surface area contributed by atoms with Crippen LogP contribution in [-0.4, -0.2) is 28.3 Å². The molecule has 1 aliphatic rings. The van der Waals surface area contributed by atoms with E-state index in [0.717, 1.165) is 6.07 Å². The fraction of sp³-hybridized carbons (Fsp3) is 0. The molecule has 0 unspecified atom stereocenters. The van der Waals surface area contributed by atoms with Gasteiger partial charge in [-0.2, -0.15) is 0 Å². The van der Waals surface area contributed by atoms with Crippen molar-refractivity contribution in [2.24, 2.45) is 10.3 Å². The van der Waals surface area contributed by atoms with Gasteiger partial charge in [0.1, 0.15) is 11.4 Å². The lowest BCUT2D eigenvalue weighted by molar-refractivity contribution is -0.384. The summed E-state index contributed by atoms with van der Waals surface area (Å²) in [5, 5.41) is 18.2. The second-order valence-electron chi connectivity index (χ2n) is 5.63. The minimum Gasteiger partial charge on any atom is -0.312 e. The molecule has 0 N–H and O–H groups in total. The lowest BCUT2D eigenvalue weighted by Gasteiger charge is -2.03. The largest absolute Gasteiger partial charge is 0.366 e. The van der Waals surface area contributed by atoms with Crippen LogP contribution in [0.15, 0.2) is 89.2 Å². The van der Waals surface area contributed by atoms with E-state index in [1.54, 1.807) is 30.3 Å². The van der Waals surface area contributed by atoms with Crippen LogP contribution >= 0.6 is 0 Å². The molecule has 0 heterocycles. The van der Waals surface area contributed by atoms with Crippen molar-refractivity contribution < 1.29 is 24.2 Å². The number of benzene rings is 2. The molecule has 144 valence electrons. The lowest BCUT2D eigenvalue weighted by Crippen LogP contribution is -2.07. The third kappa shape index (κ3) is 5.30. The average molecular weight is 391 g/mol. The number of hydrogen-bond acceptors (Lipinski definition) is 8. The highest BCUT2D eigenvalue weighted by Gasteiger charge is 2.13. The molecule has 0 aromatic heterocycles. The zero-order valence-corrected chi connectivity index (χ0v) is 14.8. The first-order valence-corrected chi connectivity index (χ1v) is 8.27. The van der Waals surface area contributed by atoms with Crippen LogP contribution in [0.3, 0.4) is 0 Å². The van der Waals surface area contributed by atoms with Gasteiger partial charge in [0.05, 0.1) is 16.1 Å². The fourth-order valence-electron chi connectivity index (χ4n) is 2.19. The van der Waals surface area contributed by atoms with Crippen molar-refractivity contribution in [3.05, 3.63) is 100 Å². The molecule has 2 aromatic rings. The number of nitro benzene ring substituents is 1. The Balaban J connectivity index is 1.58. The summed E-state index contributed by atoms with van der Waals surface area (Å²) in [6.45, 7) is 0. The number of nitro groups is 1. The first-order valence-electron chi connectivity index (χ1n) is 8.27. The first-order chi connectivity index (χ1) is 14.0. The average Bonchev–Trinajstić information content (AvgIpc) is 2.77. The zero-order chi connectivity index (χ0) is 20.6. The van der Waals surface area contributed by atoms with E-state index in [9.17, 15) is 19.7 Å². The van der Waals surface area contributed by atoms with Gasteiger partial charge in [-0.1, -0.05) is 34.6 Å². The van der Waals surface area contributed by atoms with Crippen molar-refractivity contribution in [1.82, 2.24) is 0 Å². The van der Waals surface area contributed by atoms with Gasteiger partial charge in [-0.15, -0.1) is 0 Å². The Morgan fingerprint density at radius 3 is 1.83 bits per heavy atom. The highest BCUT2D eigenvalue weighted by atomic mass is 16.7. The van der Waals surface area contributed by atoms with E-state index in [0.29, 0.717) is 17.0 Å². The van der Waals surface area contributed by atoms with Crippen molar-refractivity contribution in [3.63, 3.8) is 0 Å². The molecule has 2 aromatic carbocycles. The minimum atomic E-state index is -0.834. The summed E-state index contributed by atoms with van der Waals surface area (Å²) in [6.07, 6.45) is 6.02. The molecule has 29 heavy (non-hydrogen) atoms. The third-order valence-electron chi connectivity index (χ3n) is 3.62. The molecule has 9 heteroatoms. The number of nitrogens with zero attached hydrogens (tertiary/aromatic N) is 3. The van der Waals surface area contributed by atoms with Crippen LogP contribution < -0.4 is 0 Å². The molecule has 0 saturated heterocycles. The first kappa shape index (κ1) is 19.4. The predicted molar refractivity (Wildman–Crippen MR) is 104 cm³/mol. The van der Waals surface area contributed by atoms with Crippen molar-refractivity contribution >= 4 is 29.0 Å². The van der Waals surface area contributed by atoms with Gasteiger partial charge in [0.25, 0.3) is 5.69 Å². The zero-order valence-electron chi connectivity index (χ0n) is 14.8. The van der Waals surface area contributed by atoms with E-state index < -0.39 is 16.9 Å². The SMILES string of the molecule is O=C(ON=C1C=CC(=NOC(=O)c2cccc([N+](=O)[O-])c2)C=C1)c1ccccc1. The summed E-state index contributed by atoms with van der Waals surface area (Å²) >= 11 is 0. The standard InChI is InChI=1S/C20H13N3O6/c24-19(14-5-2-1-3-6-14)28-21-16-9-11-17(12-10-16)22-29-20(25)15-7-4-8-18(13-15)23(26)27/h1-13H. The summed E-state index contributed by atoms with van der Waals surface area (Å²) in [5.74, 6) is -1.43. The van der Waals surface area contributed by atoms with Gasteiger partial charge in [-0.05, 0) is 42.5 Å². The van der Waals surface area contributed by atoms with E-state index in [-0.39, 0.29) is 11.3 Å². The maximum Gasteiger partial charge on any atom is 0.366 e. The minimum absolute atomic E-state index is 0.00222. The van der Waals surface area contributed by atoms with Crippen LogP contribution in [0.1, 0.15) is 20.7 Å². The fourth-order valence-corrected chi connectivity index (χ4v) is 2.19. The number of rotatable bonds is 5. The van der Waals surface area contributed by atoms with Gasteiger partial charge >= 0.3 is 11.9 Å². The van der Waals surface area contributed by atoms with E-state index in [1.807, 2.05) is 0 Å². The van der Waals surface area contributed by atoms with E-state index >= 15 is 0 Å². The summed E-state index contributed by atoms with van der Waals surface area (Å²) in [6, 6.07) is 13.5. The molecule has 0 amide bonds. The highest BCUT2D eigenvalue weighted by Crippen LogP contribution is 2.14. The molecule has 0 bridgehead atoms. The van der Waals surface area contributed by atoms with E-state index in [1.165, 1.54) is 42.5 Å². The maximum atomic E-state index is 12.0. The molecule has 9 nitrogen and oxygen atoms in total. The van der Waals surface area contributed by atoms with Gasteiger partial charge in [0, 0.05) is 12.1 Å². The number of carbonyl (C=O) groups is 2. The molecular weight excluding hydrogens is 378 g/mol. The molecule has 3 rings (SSSR count). The van der Waals surface area contributed by atoms with Gasteiger partial charge in [-0.25, -0.2) is 9.59 Å². The molecule has 0 fully saturated rings. The van der Waals surface area contributed by atoms with Crippen molar-refractivity contribution in [3.8, 4) is 0 Å². The van der Waals surface area contributed by atoms with Crippen LogP contribution in [0, 0.1) is 10.1 Å². The molecule has 0 aliphatic heterocycles. The van der Waals surface area contributed by atoms with E-state index in [4.69, 9.17) is 9.68 Å². The number of hydrogen-bond donors (Lipinski definition) is 0. The normalized spacial score (nSPS) is 12.3. The molecule has 0 radical (unpaired) electrons. The second-order valence-corrected chi connectivity index (χ2v) is 5.63. The Kier molecular flexibility index (Phi) is 6.01. The van der Waals surface area contributed by atoms with Crippen LogP contribution in [0.2, 0.25) is 0 Å². The quantitative estimate of drug-likeness (QED) is 0.333. The smallest absolute Gasteiger partial charge is 0.312 e. The highest BCUT2D eigenvalue weighted by molar-refractivity contribution is 6.18. The molecule has 1 aliphatic carbocycles. The van der Waals surface area contributed by atoms with Gasteiger partial charge in [-0.3, -0.25) is 10.1 Å². The topological polar surface area (TPSA) is 120 Å². The second kappa shape index (κ2) is 9.00. The molecule has 0 spiro atoms. The summed E-state index contributed by atoms with van der Waals surface area (Å²) in [4.78, 5) is 43.6. The summed E-state index contributed by atoms with van der Waals surface area (Å²) in [7, 11) is 0. The third-order valence-corrected chi connectivity index (χ3v) is 3.62. The molecular formula is C20H13N3O6. The van der Waals surface area contributed by atoms with Crippen LogP contribution in [0.4, 0.5) is 5.69 Å². The van der Waals surface area contributed by atoms with Crippen LogP contribution in [0.5, 0.6) is 0 Å². The van der Waals surface area contributed by atoms with Gasteiger partial charge in [0.2, 0.25) is 0 Å². The predicted octanol–water partition coefficient (Wildman–Crippen LogP) is 3.45. The Labute approximate surface area is 164 Å².